The molecule has 1 aliphatic rings. The fourth-order valence-electron chi connectivity index (χ4n) is 5.85. The summed E-state index contributed by atoms with van der Waals surface area (Å²) in [5.74, 6) is 1.13. The van der Waals surface area contributed by atoms with Gasteiger partial charge >= 0.3 is 0 Å². The number of fused-ring (bicyclic) bond motifs is 2. The van der Waals surface area contributed by atoms with Gasteiger partial charge in [0.05, 0.1) is 22.9 Å². The van der Waals surface area contributed by atoms with Crippen molar-refractivity contribution in [1.82, 2.24) is 34.6 Å². The van der Waals surface area contributed by atoms with Gasteiger partial charge in [-0.1, -0.05) is 6.07 Å². The zero-order chi connectivity index (χ0) is 31.2. The number of benzene rings is 2. The zero-order valence-corrected chi connectivity index (χ0v) is 24.5. The number of aryl methyl sites for hydroxylation is 1. The Bertz CT molecular complexity index is 2100. The number of aromatic nitrogens is 6. The molecule has 7 rings (SSSR count). The lowest BCUT2D eigenvalue weighted by Gasteiger charge is -2.19. The van der Waals surface area contributed by atoms with Crippen LogP contribution in [0.2, 0.25) is 0 Å². The van der Waals surface area contributed by atoms with Crippen LogP contribution in [0.25, 0.3) is 34.1 Å². The molecule has 1 atom stereocenters. The molecule has 1 amide bonds. The first kappa shape index (κ1) is 27.8. The number of nitrogens with two attached hydrogens (primary N) is 1. The maximum atomic E-state index is 13.4. The predicted molar refractivity (Wildman–Crippen MR) is 170 cm³/mol. The van der Waals surface area contributed by atoms with Gasteiger partial charge in [0.15, 0.2) is 23.6 Å². The molecule has 12 nitrogen and oxygen atoms in total. The van der Waals surface area contributed by atoms with E-state index in [0.29, 0.717) is 58.1 Å². The molecule has 0 unspecified atom stereocenters. The fraction of sp³-hybridized carbons (Fsp3) is 0.152. The molecule has 0 bridgehead atoms. The van der Waals surface area contributed by atoms with Gasteiger partial charge < -0.3 is 21.1 Å². The van der Waals surface area contributed by atoms with E-state index < -0.39 is 0 Å². The van der Waals surface area contributed by atoms with Crippen molar-refractivity contribution >= 4 is 34.9 Å². The molecule has 1 aliphatic carbocycles. The standard InChI is InChI=1S/C33H29N9O3/c1-40(2)27-17-20(15-21(18-43)29(27)44)33(45)38-25-9-6-19-16-22(7-8-23(19)25)42-31(24-5-3-12-35-30(24)34)37-26-10-11-28(39-32(26)42)41-14-4-13-36-41/h3-5,7-8,10-18,25,44H,6,9H2,1-2H3,(H2,34,35)(H,38,45)/t25-/m0/s1. The number of carbonyl (C=O) groups is 2. The van der Waals surface area contributed by atoms with Crippen molar-refractivity contribution in [3.05, 3.63) is 102 Å². The zero-order valence-electron chi connectivity index (χ0n) is 24.5. The van der Waals surface area contributed by atoms with Crippen molar-refractivity contribution in [2.75, 3.05) is 24.7 Å². The highest BCUT2D eigenvalue weighted by atomic mass is 16.3. The van der Waals surface area contributed by atoms with E-state index in [-0.39, 0.29) is 23.3 Å². The van der Waals surface area contributed by atoms with Crippen LogP contribution < -0.4 is 16.0 Å². The quantitative estimate of drug-likeness (QED) is 0.228. The minimum Gasteiger partial charge on any atom is -0.505 e. The van der Waals surface area contributed by atoms with Crippen molar-refractivity contribution in [2.45, 2.75) is 18.9 Å². The van der Waals surface area contributed by atoms with Gasteiger partial charge in [-0.15, -0.1) is 0 Å². The highest BCUT2D eigenvalue weighted by molar-refractivity contribution is 5.99. The van der Waals surface area contributed by atoms with Gasteiger partial charge in [-0.3, -0.25) is 14.2 Å². The van der Waals surface area contributed by atoms with E-state index in [4.69, 9.17) is 15.7 Å². The molecule has 0 radical (unpaired) electrons. The van der Waals surface area contributed by atoms with Crippen molar-refractivity contribution in [1.29, 1.82) is 0 Å². The van der Waals surface area contributed by atoms with E-state index in [1.807, 2.05) is 53.2 Å². The number of amides is 1. The number of aromatic hydroxyl groups is 1. The second-order valence-corrected chi connectivity index (χ2v) is 11.1. The minimum atomic E-state index is -0.326. The summed E-state index contributed by atoms with van der Waals surface area (Å²) in [7, 11) is 3.47. The predicted octanol–water partition coefficient (Wildman–Crippen LogP) is 4.25. The Morgan fingerprint density at radius 3 is 2.71 bits per heavy atom. The average molecular weight is 600 g/mol. The molecule has 4 heterocycles. The van der Waals surface area contributed by atoms with Crippen molar-refractivity contribution < 1.29 is 14.7 Å². The molecule has 45 heavy (non-hydrogen) atoms. The highest BCUT2D eigenvalue weighted by Crippen LogP contribution is 2.37. The Labute approximate surface area is 257 Å². The van der Waals surface area contributed by atoms with Gasteiger partial charge in [-0.2, -0.15) is 5.10 Å². The average Bonchev–Trinajstić information content (AvgIpc) is 3.80. The van der Waals surface area contributed by atoms with E-state index in [9.17, 15) is 14.7 Å². The number of nitrogen functional groups attached to an aromatic ring is 1. The van der Waals surface area contributed by atoms with E-state index in [2.05, 4.69) is 21.5 Å². The normalized spacial score (nSPS) is 14.0. The highest BCUT2D eigenvalue weighted by Gasteiger charge is 2.27. The van der Waals surface area contributed by atoms with Crippen LogP contribution in [-0.2, 0) is 6.42 Å². The van der Waals surface area contributed by atoms with Crippen LogP contribution >= 0.6 is 0 Å². The molecule has 0 fully saturated rings. The third-order valence-corrected chi connectivity index (χ3v) is 8.07. The van der Waals surface area contributed by atoms with Crippen LogP contribution in [-0.4, -0.2) is 60.7 Å². The molecule has 0 saturated carbocycles. The maximum absolute atomic E-state index is 13.4. The second kappa shape index (κ2) is 10.9. The van der Waals surface area contributed by atoms with Crippen molar-refractivity contribution in [3.63, 3.8) is 0 Å². The molecule has 0 spiro atoms. The van der Waals surface area contributed by atoms with Crippen LogP contribution in [0, 0.1) is 0 Å². The number of hydrogen-bond acceptors (Lipinski definition) is 9. The summed E-state index contributed by atoms with van der Waals surface area (Å²) in [6.45, 7) is 0. The first-order chi connectivity index (χ1) is 21.8. The van der Waals surface area contributed by atoms with E-state index in [1.165, 1.54) is 6.07 Å². The number of rotatable bonds is 7. The minimum absolute atomic E-state index is 0.0600. The van der Waals surface area contributed by atoms with E-state index in [1.54, 1.807) is 42.1 Å². The summed E-state index contributed by atoms with van der Waals surface area (Å²) in [6, 6.07) is 18.2. The van der Waals surface area contributed by atoms with Gasteiger partial charge in [0, 0.05) is 43.9 Å². The van der Waals surface area contributed by atoms with Crippen molar-refractivity contribution in [2.24, 2.45) is 0 Å². The summed E-state index contributed by atoms with van der Waals surface area (Å²) >= 11 is 0. The summed E-state index contributed by atoms with van der Waals surface area (Å²) in [5, 5.41) is 17.8. The topological polar surface area (TPSA) is 157 Å². The Hall–Kier alpha value is -6.04. The van der Waals surface area contributed by atoms with Crippen molar-refractivity contribution in [3.8, 4) is 28.6 Å². The number of pyridine rings is 2. The number of nitrogens with one attached hydrogen (secondary N) is 1. The number of imidazole rings is 1. The molecule has 0 aliphatic heterocycles. The molecule has 224 valence electrons. The van der Waals surface area contributed by atoms with E-state index in [0.717, 1.165) is 23.2 Å². The van der Waals surface area contributed by atoms with Crippen LogP contribution in [0.1, 0.15) is 44.3 Å². The lowest BCUT2D eigenvalue weighted by atomic mass is 10.0. The van der Waals surface area contributed by atoms with Gasteiger partial charge in [-0.25, -0.2) is 19.6 Å². The first-order valence-corrected chi connectivity index (χ1v) is 14.4. The molecule has 4 aromatic heterocycles. The summed E-state index contributed by atoms with van der Waals surface area (Å²) in [6.07, 6.45) is 7.17. The van der Waals surface area contributed by atoms with Gasteiger partial charge in [0.25, 0.3) is 5.91 Å². The molecule has 12 heteroatoms. The van der Waals surface area contributed by atoms with Crippen LogP contribution in [0.3, 0.4) is 0 Å². The van der Waals surface area contributed by atoms with Crippen LogP contribution in [0.15, 0.2) is 79.3 Å². The number of hydrogen-bond donors (Lipinski definition) is 3. The van der Waals surface area contributed by atoms with Gasteiger partial charge in [-0.05, 0) is 78.6 Å². The largest absolute Gasteiger partial charge is 0.505 e. The Balaban J connectivity index is 1.27. The maximum Gasteiger partial charge on any atom is 0.251 e. The first-order valence-electron chi connectivity index (χ1n) is 14.4. The third kappa shape index (κ3) is 4.82. The number of nitrogens with zero attached hydrogens (tertiary/aromatic N) is 7. The molecule has 6 aromatic rings. The molecule has 2 aromatic carbocycles. The molecular weight excluding hydrogens is 570 g/mol. The number of phenols is 1. The SMILES string of the molecule is CN(C)c1cc(C(=O)N[C@H]2CCc3cc(-n4c(-c5cccnc5N)nc5ccc(-n6cccn6)nc54)ccc32)cc(C=O)c1O. The number of phenolic OH excluding ortho intramolecular Hbond substituents is 1. The third-order valence-electron chi connectivity index (χ3n) is 8.07. The Kier molecular flexibility index (Phi) is 6.73. The number of anilines is 2. The fourth-order valence-corrected chi connectivity index (χ4v) is 5.85. The molecular formula is C33H29N9O3. The van der Waals surface area contributed by atoms with Gasteiger partial charge in [0.2, 0.25) is 0 Å². The Morgan fingerprint density at radius 1 is 1.09 bits per heavy atom. The summed E-state index contributed by atoms with van der Waals surface area (Å²) in [4.78, 5) is 40.7. The number of aldehydes is 1. The van der Waals surface area contributed by atoms with Crippen LogP contribution in [0.4, 0.5) is 11.5 Å². The number of carbonyl (C=O) groups excluding carboxylic acids is 2. The van der Waals surface area contributed by atoms with E-state index >= 15 is 0 Å². The molecule has 4 N–H and O–H groups in total. The summed E-state index contributed by atoms with van der Waals surface area (Å²) < 4.78 is 3.67. The second-order valence-electron chi connectivity index (χ2n) is 11.1. The van der Waals surface area contributed by atoms with Crippen LogP contribution in [0.5, 0.6) is 5.75 Å². The Morgan fingerprint density at radius 2 is 1.96 bits per heavy atom. The molecule has 0 saturated heterocycles. The lowest BCUT2D eigenvalue weighted by molar-refractivity contribution is 0.0936. The smallest absolute Gasteiger partial charge is 0.251 e. The monoisotopic (exact) mass is 599 g/mol. The summed E-state index contributed by atoms with van der Waals surface area (Å²) in [5.41, 5.74) is 12.0. The lowest BCUT2D eigenvalue weighted by Crippen LogP contribution is -2.27. The van der Waals surface area contributed by atoms with Gasteiger partial charge in [0.1, 0.15) is 17.1 Å².